The van der Waals surface area contributed by atoms with Crippen LogP contribution in [0.5, 0.6) is 0 Å². The van der Waals surface area contributed by atoms with Crippen LogP contribution in [0.3, 0.4) is 0 Å². The molecule has 0 aliphatic carbocycles. The molecule has 2 rings (SSSR count). The molecule has 17 heavy (non-hydrogen) atoms. The van der Waals surface area contributed by atoms with Gasteiger partial charge in [0, 0.05) is 19.3 Å². The van der Waals surface area contributed by atoms with E-state index in [4.69, 9.17) is 21.4 Å². The van der Waals surface area contributed by atoms with Crippen LogP contribution in [0.25, 0.3) is 0 Å². The summed E-state index contributed by atoms with van der Waals surface area (Å²) in [5, 5.41) is 9.47. The Hall–Kier alpha value is -1.04. The predicted octanol–water partition coefficient (Wildman–Crippen LogP) is 1.17. The highest BCUT2D eigenvalue weighted by molar-refractivity contribution is 6.30. The van der Waals surface area contributed by atoms with Gasteiger partial charge >= 0.3 is 5.97 Å². The SMILES string of the molecule is CN1CCOC(Cn2cc(Cl)cc2C(=O)O)C1. The first-order valence-corrected chi connectivity index (χ1v) is 5.83. The summed E-state index contributed by atoms with van der Waals surface area (Å²) in [6.45, 7) is 2.90. The minimum atomic E-state index is -0.971. The van der Waals surface area contributed by atoms with Crippen LogP contribution in [0.4, 0.5) is 0 Å². The number of ether oxygens (including phenoxy) is 1. The van der Waals surface area contributed by atoms with Crippen LogP contribution in [-0.2, 0) is 11.3 Å². The number of likely N-dealkylation sites (N-methyl/N-ethyl adjacent to an activating group) is 1. The van der Waals surface area contributed by atoms with Gasteiger partial charge in [0.25, 0.3) is 0 Å². The first-order valence-electron chi connectivity index (χ1n) is 5.45. The van der Waals surface area contributed by atoms with Gasteiger partial charge in [-0.05, 0) is 13.1 Å². The smallest absolute Gasteiger partial charge is 0.352 e. The summed E-state index contributed by atoms with van der Waals surface area (Å²) in [5.41, 5.74) is 0.201. The number of hydrogen-bond donors (Lipinski definition) is 1. The Labute approximate surface area is 105 Å². The van der Waals surface area contributed by atoms with E-state index in [1.54, 1.807) is 10.8 Å². The summed E-state index contributed by atoms with van der Waals surface area (Å²) >= 11 is 5.82. The highest BCUT2D eigenvalue weighted by Gasteiger charge is 2.20. The molecule has 0 bridgehead atoms. The summed E-state index contributed by atoms with van der Waals surface area (Å²) in [6.07, 6.45) is 1.64. The van der Waals surface area contributed by atoms with Crippen LogP contribution in [0, 0.1) is 0 Å². The molecular formula is C11H15ClN2O3. The monoisotopic (exact) mass is 258 g/mol. The minimum Gasteiger partial charge on any atom is -0.477 e. The normalized spacial score (nSPS) is 21.6. The Morgan fingerprint density at radius 1 is 1.71 bits per heavy atom. The van der Waals surface area contributed by atoms with E-state index in [0.717, 1.165) is 13.1 Å². The van der Waals surface area contributed by atoms with Crippen LogP contribution in [0.1, 0.15) is 10.5 Å². The van der Waals surface area contributed by atoms with Gasteiger partial charge in [0.15, 0.2) is 0 Å². The maximum absolute atomic E-state index is 11.0. The summed E-state index contributed by atoms with van der Waals surface area (Å²) < 4.78 is 7.23. The van der Waals surface area contributed by atoms with Crippen LogP contribution in [-0.4, -0.2) is 53.4 Å². The van der Waals surface area contributed by atoms with Gasteiger partial charge in [0.05, 0.1) is 24.3 Å². The Balaban J connectivity index is 2.09. The second-order valence-electron chi connectivity index (χ2n) is 4.26. The zero-order chi connectivity index (χ0) is 12.4. The first kappa shape index (κ1) is 12.4. The maximum Gasteiger partial charge on any atom is 0.352 e. The van der Waals surface area contributed by atoms with Crippen molar-refractivity contribution in [2.45, 2.75) is 12.6 Å². The van der Waals surface area contributed by atoms with Gasteiger partial charge in [-0.2, -0.15) is 0 Å². The minimum absolute atomic E-state index is 0.00955. The third-order valence-corrected chi connectivity index (χ3v) is 3.03. The number of morpholine rings is 1. The zero-order valence-corrected chi connectivity index (χ0v) is 10.4. The molecule has 0 spiro atoms. The number of aromatic carboxylic acids is 1. The summed E-state index contributed by atoms with van der Waals surface area (Å²) in [4.78, 5) is 13.2. The molecule has 1 aromatic heterocycles. The first-order chi connectivity index (χ1) is 8.06. The van der Waals surface area contributed by atoms with E-state index in [0.29, 0.717) is 18.2 Å². The molecule has 1 N–H and O–H groups in total. The third kappa shape index (κ3) is 3.00. The topological polar surface area (TPSA) is 54.7 Å². The number of hydrogen-bond acceptors (Lipinski definition) is 3. The van der Waals surface area contributed by atoms with Crippen molar-refractivity contribution in [3.8, 4) is 0 Å². The molecular weight excluding hydrogens is 244 g/mol. The van der Waals surface area contributed by atoms with Gasteiger partial charge in [-0.1, -0.05) is 11.6 Å². The second kappa shape index (κ2) is 5.08. The molecule has 6 heteroatoms. The van der Waals surface area contributed by atoms with Crippen molar-refractivity contribution < 1.29 is 14.6 Å². The highest BCUT2D eigenvalue weighted by atomic mass is 35.5. The fraction of sp³-hybridized carbons (Fsp3) is 0.545. The van der Waals surface area contributed by atoms with Crippen molar-refractivity contribution >= 4 is 17.6 Å². The molecule has 0 radical (unpaired) electrons. The summed E-state index contributed by atoms with van der Waals surface area (Å²) in [6, 6.07) is 1.45. The quantitative estimate of drug-likeness (QED) is 0.884. The van der Waals surface area contributed by atoms with E-state index in [2.05, 4.69) is 4.90 Å². The number of carboxylic acid groups (broad SMARTS) is 1. The highest BCUT2D eigenvalue weighted by Crippen LogP contribution is 2.16. The maximum atomic E-state index is 11.0. The van der Waals surface area contributed by atoms with Crippen LogP contribution < -0.4 is 0 Å². The van der Waals surface area contributed by atoms with Gasteiger partial charge in [0.1, 0.15) is 5.69 Å². The van der Waals surface area contributed by atoms with Gasteiger partial charge in [-0.15, -0.1) is 0 Å². The standard InChI is InChI=1S/C11H15ClN2O3/c1-13-2-3-17-9(6-13)7-14-5-8(12)4-10(14)11(15)16/h4-5,9H,2-3,6-7H2,1H3,(H,15,16). The number of carboxylic acids is 1. The molecule has 1 unspecified atom stereocenters. The number of aromatic nitrogens is 1. The average molecular weight is 259 g/mol. The summed E-state index contributed by atoms with van der Waals surface area (Å²) in [7, 11) is 2.02. The average Bonchev–Trinajstić information content (AvgIpc) is 2.59. The second-order valence-corrected chi connectivity index (χ2v) is 4.69. The number of halogens is 1. The van der Waals surface area contributed by atoms with E-state index in [1.807, 2.05) is 7.05 Å². The van der Waals surface area contributed by atoms with Crippen molar-refractivity contribution in [2.24, 2.45) is 0 Å². The fourth-order valence-electron chi connectivity index (χ4n) is 2.00. The lowest BCUT2D eigenvalue weighted by Crippen LogP contribution is -2.42. The van der Waals surface area contributed by atoms with Crippen LogP contribution in [0.15, 0.2) is 12.3 Å². The van der Waals surface area contributed by atoms with Gasteiger partial charge in [-0.3, -0.25) is 0 Å². The van der Waals surface area contributed by atoms with Gasteiger partial charge in [-0.25, -0.2) is 4.79 Å². The van der Waals surface area contributed by atoms with Crippen LogP contribution in [0.2, 0.25) is 5.02 Å². The molecule has 2 heterocycles. The lowest BCUT2D eigenvalue weighted by Gasteiger charge is -2.30. The largest absolute Gasteiger partial charge is 0.477 e. The molecule has 1 fully saturated rings. The fourth-order valence-corrected chi connectivity index (χ4v) is 2.22. The van der Waals surface area contributed by atoms with Crippen molar-refractivity contribution in [1.29, 1.82) is 0 Å². The molecule has 1 aromatic rings. The van der Waals surface area contributed by atoms with Gasteiger partial charge in [0.2, 0.25) is 0 Å². The third-order valence-electron chi connectivity index (χ3n) is 2.82. The predicted molar refractivity (Wildman–Crippen MR) is 63.6 cm³/mol. The lowest BCUT2D eigenvalue weighted by molar-refractivity contribution is -0.0277. The number of rotatable bonds is 3. The van der Waals surface area contributed by atoms with Crippen LogP contribution >= 0.6 is 11.6 Å². The molecule has 1 atom stereocenters. The van der Waals surface area contributed by atoms with Crippen molar-refractivity contribution in [1.82, 2.24) is 9.47 Å². The molecule has 1 aliphatic heterocycles. The Kier molecular flexibility index (Phi) is 3.71. The van der Waals surface area contributed by atoms with E-state index in [-0.39, 0.29) is 11.8 Å². The van der Waals surface area contributed by atoms with Gasteiger partial charge < -0.3 is 19.3 Å². The molecule has 1 saturated heterocycles. The van der Waals surface area contributed by atoms with E-state index in [1.165, 1.54) is 6.07 Å². The lowest BCUT2D eigenvalue weighted by atomic mass is 10.2. The molecule has 0 amide bonds. The summed E-state index contributed by atoms with van der Waals surface area (Å²) in [5.74, 6) is -0.971. The Morgan fingerprint density at radius 2 is 2.47 bits per heavy atom. The zero-order valence-electron chi connectivity index (χ0n) is 9.60. The van der Waals surface area contributed by atoms with E-state index in [9.17, 15) is 4.79 Å². The van der Waals surface area contributed by atoms with Crippen molar-refractivity contribution in [2.75, 3.05) is 26.7 Å². The molecule has 94 valence electrons. The molecule has 5 nitrogen and oxygen atoms in total. The molecule has 0 aromatic carbocycles. The van der Waals surface area contributed by atoms with Crippen molar-refractivity contribution in [3.05, 3.63) is 23.0 Å². The van der Waals surface area contributed by atoms with Crippen molar-refractivity contribution in [3.63, 3.8) is 0 Å². The Morgan fingerprint density at radius 3 is 3.12 bits per heavy atom. The van der Waals surface area contributed by atoms with E-state index >= 15 is 0 Å². The number of carbonyl (C=O) groups is 1. The van der Waals surface area contributed by atoms with E-state index < -0.39 is 5.97 Å². The number of nitrogens with zero attached hydrogens (tertiary/aromatic N) is 2. The Bertz CT molecular complexity index is 419. The molecule has 0 saturated carbocycles. The molecule has 1 aliphatic rings.